The number of nitrogens with one attached hydrogen (secondary N) is 1. The summed E-state index contributed by atoms with van der Waals surface area (Å²) < 4.78 is 66.6. The predicted octanol–water partition coefficient (Wildman–Crippen LogP) is 7.87. The monoisotopic (exact) mass is 576 g/mol. The molecule has 1 aliphatic carbocycles. The molecule has 6 rings (SSSR count). The molecule has 2 aliphatic rings. The van der Waals surface area contributed by atoms with Crippen LogP contribution in [0, 0.1) is 5.41 Å². The number of aryl methyl sites for hydroxylation is 1. The van der Waals surface area contributed by atoms with Crippen LogP contribution in [0.5, 0.6) is 0 Å². The van der Waals surface area contributed by atoms with Crippen LogP contribution in [0.2, 0.25) is 0 Å². The highest BCUT2D eigenvalue weighted by molar-refractivity contribution is 8.45. The number of hydrogen-bond acceptors (Lipinski definition) is 3. The van der Waals surface area contributed by atoms with E-state index in [9.17, 15) is 24.2 Å². The van der Waals surface area contributed by atoms with Gasteiger partial charge in [0.2, 0.25) is 0 Å². The molecule has 4 aromatic rings. The lowest BCUT2D eigenvalue weighted by atomic mass is 9.56. The number of carbonyl (C=O) groups excluding carboxylic acids is 1. The Labute approximate surface area is 228 Å². The molecule has 0 atom stereocenters. The fourth-order valence-corrected chi connectivity index (χ4v) is 6.71. The first-order valence-electron chi connectivity index (χ1n) is 13.2. The lowest BCUT2D eigenvalue weighted by Gasteiger charge is -2.60. The molecule has 2 fully saturated rings. The van der Waals surface area contributed by atoms with Gasteiger partial charge in [0.25, 0.3) is 5.91 Å². The van der Waals surface area contributed by atoms with Gasteiger partial charge in [-0.3, -0.25) is 4.79 Å². The highest BCUT2D eigenvalue weighted by atomic mass is 32.5. The van der Waals surface area contributed by atoms with Crippen molar-refractivity contribution in [1.29, 1.82) is 0 Å². The maximum absolute atomic E-state index is 13.0. The van der Waals surface area contributed by atoms with E-state index in [2.05, 4.69) is 22.5 Å². The second kappa shape index (κ2) is 8.45. The molecule has 1 aliphatic heterocycles. The minimum absolute atomic E-state index is 0.113. The molecule has 1 saturated carbocycles. The van der Waals surface area contributed by atoms with Crippen molar-refractivity contribution >= 4 is 27.3 Å². The van der Waals surface area contributed by atoms with Gasteiger partial charge in [0.15, 0.2) is 0 Å². The summed E-state index contributed by atoms with van der Waals surface area (Å²) in [6.45, 7) is 3.78. The predicted molar refractivity (Wildman–Crippen MR) is 147 cm³/mol. The minimum Gasteiger partial charge on any atom is -0.370 e. The average Bonchev–Trinajstić information content (AvgIpc) is 3.24. The Hall–Kier alpha value is -3.60. The summed E-state index contributed by atoms with van der Waals surface area (Å²) in [4.78, 5) is 13.1. The van der Waals surface area contributed by atoms with Crippen molar-refractivity contribution in [3.05, 3.63) is 95.3 Å². The molecule has 0 radical (unpaired) electrons. The normalized spacial score (nSPS) is 18.6. The van der Waals surface area contributed by atoms with E-state index < -0.39 is 15.1 Å². The van der Waals surface area contributed by atoms with Crippen LogP contribution in [0.25, 0.3) is 5.52 Å². The van der Waals surface area contributed by atoms with Gasteiger partial charge in [-0.2, -0.15) is 5.10 Å². The average molecular weight is 577 g/mol. The van der Waals surface area contributed by atoms with Gasteiger partial charge in [-0.25, -0.2) is 4.52 Å². The van der Waals surface area contributed by atoms with Crippen molar-refractivity contribution in [2.45, 2.75) is 43.5 Å². The quantitative estimate of drug-likeness (QED) is 0.228. The van der Waals surface area contributed by atoms with E-state index >= 15 is 0 Å². The SMILES string of the molecule is CCc1nn2ccccc2c1C(=O)NCc1ccc(C2CC3(C2)CN(c2ccc(S(F)(F)(F)(F)F)cc2)C3)cc1. The smallest absolute Gasteiger partial charge is 0.310 e. The molecule has 11 heteroatoms. The zero-order valence-corrected chi connectivity index (χ0v) is 22.6. The second-order valence-corrected chi connectivity index (χ2v) is 13.5. The van der Waals surface area contributed by atoms with Crippen LogP contribution in [-0.2, 0) is 13.0 Å². The van der Waals surface area contributed by atoms with Crippen LogP contribution in [0.15, 0.2) is 77.8 Å². The third-order valence-electron chi connectivity index (χ3n) is 8.14. The van der Waals surface area contributed by atoms with Crippen LogP contribution >= 0.6 is 10.2 Å². The summed E-state index contributed by atoms with van der Waals surface area (Å²) in [7, 11) is -9.65. The second-order valence-electron chi connectivity index (χ2n) is 11.1. The highest BCUT2D eigenvalue weighted by Gasteiger charge is 2.65. The van der Waals surface area contributed by atoms with Gasteiger partial charge in [-0.05, 0) is 72.7 Å². The number of nitrogens with zero attached hydrogens (tertiary/aromatic N) is 3. The Bertz CT molecular complexity index is 1590. The van der Waals surface area contributed by atoms with E-state index in [-0.39, 0.29) is 11.3 Å². The first kappa shape index (κ1) is 26.6. The number of hydrogen-bond donors (Lipinski definition) is 1. The van der Waals surface area contributed by atoms with Gasteiger partial charge in [-0.15, -0.1) is 0 Å². The van der Waals surface area contributed by atoms with Gasteiger partial charge >= 0.3 is 10.2 Å². The Balaban J connectivity index is 1.02. The standard InChI is InChI=1S/C29H29F5N4OS/c1-2-25-27(26-5-3-4-14-38(26)36-25)28(39)35-17-20-6-8-21(9-7-20)22-15-29(16-22)18-37(19-29)23-10-12-24(13-11-23)40(30,31,32,33)34/h3-14,22H,2,15-19H2,1H3,(H,35,39). The molecular formula is C29H29F5N4OS. The van der Waals surface area contributed by atoms with Crippen molar-refractivity contribution in [1.82, 2.24) is 14.9 Å². The topological polar surface area (TPSA) is 49.6 Å². The van der Waals surface area contributed by atoms with Crippen LogP contribution in [-0.4, -0.2) is 28.6 Å². The fraction of sp³-hybridized carbons (Fsp3) is 0.310. The molecule has 3 heterocycles. The molecule has 40 heavy (non-hydrogen) atoms. The van der Waals surface area contributed by atoms with E-state index in [1.807, 2.05) is 48.4 Å². The van der Waals surface area contributed by atoms with E-state index in [0.29, 0.717) is 55.4 Å². The number of anilines is 1. The molecule has 0 bridgehead atoms. The number of aromatic nitrogens is 2. The van der Waals surface area contributed by atoms with E-state index in [0.717, 1.165) is 41.7 Å². The first-order chi connectivity index (χ1) is 18.7. The van der Waals surface area contributed by atoms with Gasteiger partial charge in [0.05, 0.1) is 16.8 Å². The minimum atomic E-state index is -9.65. The molecule has 1 saturated heterocycles. The third-order valence-corrected chi connectivity index (χ3v) is 9.30. The summed E-state index contributed by atoms with van der Waals surface area (Å²) in [5.41, 5.74) is 4.99. The van der Waals surface area contributed by atoms with Crippen molar-refractivity contribution in [3.63, 3.8) is 0 Å². The van der Waals surface area contributed by atoms with Gasteiger partial charge in [0, 0.05) is 36.9 Å². The molecule has 2 aromatic heterocycles. The highest BCUT2D eigenvalue weighted by Crippen LogP contribution is 3.02. The van der Waals surface area contributed by atoms with E-state index in [4.69, 9.17) is 0 Å². The van der Waals surface area contributed by atoms with Gasteiger partial charge in [0.1, 0.15) is 4.90 Å². The Morgan fingerprint density at radius 1 is 0.975 bits per heavy atom. The molecular weight excluding hydrogens is 547 g/mol. The number of amides is 1. The van der Waals surface area contributed by atoms with Crippen LogP contribution in [0.1, 0.15) is 52.9 Å². The van der Waals surface area contributed by atoms with Crippen LogP contribution < -0.4 is 10.2 Å². The summed E-state index contributed by atoms with van der Waals surface area (Å²) in [5, 5.41) is 7.51. The van der Waals surface area contributed by atoms with Crippen LogP contribution in [0.4, 0.5) is 25.1 Å². The summed E-state index contributed by atoms with van der Waals surface area (Å²) in [5.74, 6) is 0.244. The van der Waals surface area contributed by atoms with Gasteiger partial charge < -0.3 is 10.2 Å². The summed E-state index contributed by atoms with van der Waals surface area (Å²) >= 11 is 0. The fourth-order valence-electron chi connectivity index (χ4n) is 6.06. The Morgan fingerprint density at radius 3 is 2.27 bits per heavy atom. The number of benzene rings is 2. The Kier molecular flexibility index (Phi) is 5.62. The number of rotatable bonds is 7. The molecule has 1 amide bonds. The lowest BCUT2D eigenvalue weighted by molar-refractivity contribution is 0.0633. The third kappa shape index (κ3) is 4.91. The lowest BCUT2D eigenvalue weighted by Crippen LogP contribution is -2.61. The first-order valence-corrected chi connectivity index (χ1v) is 15.1. The van der Waals surface area contributed by atoms with E-state index in [1.54, 1.807) is 4.52 Å². The summed E-state index contributed by atoms with van der Waals surface area (Å²) in [6.07, 6.45) is 4.42. The molecule has 1 spiro atoms. The van der Waals surface area contributed by atoms with Crippen molar-refractivity contribution in [2.75, 3.05) is 18.0 Å². The van der Waals surface area contributed by atoms with Crippen molar-refractivity contribution < 1.29 is 24.2 Å². The largest absolute Gasteiger partial charge is 0.370 e. The zero-order chi connectivity index (χ0) is 28.4. The van der Waals surface area contributed by atoms with Crippen molar-refractivity contribution in [2.24, 2.45) is 5.41 Å². The number of fused-ring (bicyclic) bond motifs is 1. The molecule has 1 N–H and O–H groups in total. The maximum atomic E-state index is 13.0. The number of pyridine rings is 1. The summed E-state index contributed by atoms with van der Waals surface area (Å²) in [6, 6.07) is 17.1. The molecule has 0 unspecified atom stereocenters. The van der Waals surface area contributed by atoms with E-state index in [1.165, 1.54) is 5.56 Å². The molecule has 5 nitrogen and oxygen atoms in total. The number of carbonyl (C=O) groups is 1. The number of halogens is 5. The maximum Gasteiger partial charge on any atom is 0.310 e. The Morgan fingerprint density at radius 2 is 1.65 bits per heavy atom. The van der Waals surface area contributed by atoms with Gasteiger partial charge in [-0.1, -0.05) is 56.7 Å². The molecule has 2 aromatic carbocycles. The van der Waals surface area contributed by atoms with Crippen molar-refractivity contribution in [3.8, 4) is 0 Å². The zero-order valence-electron chi connectivity index (χ0n) is 21.8. The van der Waals surface area contributed by atoms with Crippen LogP contribution in [0.3, 0.4) is 0 Å². The molecule has 212 valence electrons.